The Morgan fingerprint density at radius 3 is 2.53 bits per heavy atom. The van der Waals surface area contributed by atoms with E-state index in [1.165, 1.54) is 32.1 Å². The maximum absolute atomic E-state index is 2.46. The molecule has 0 aromatic rings. The van der Waals surface area contributed by atoms with Gasteiger partial charge in [0.05, 0.1) is 0 Å². The third kappa shape index (κ3) is 2.51. The van der Waals surface area contributed by atoms with Crippen molar-refractivity contribution < 1.29 is 0 Å². The second kappa shape index (κ2) is 5.00. The lowest BCUT2D eigenvalue weighted by molar-refractivity contribution is 0.219. The zero-order valence-electron chi connectivity index (χ0n) is 12.0. The Kier molecular flexibility index (Phi) is 3.80. The van der Waals surface area contributed by atoms with Gasteiger partial charge in [0.25, 0.3) is 0 Å². The lowest BCUT2D eigenvalue weighted by Crippen LogP contribution is -2.27. The summed E-state index contributed by atoms with van der Waals surface area (Å²) in [5.41, 5.74) is 2.13. The fraction of sp³-hybridized carbons (Fsp3) is 0.765. The molecule has 0 aromatic heterocycles. The molecule has 0 bridgehead atoms. The molecule has 2 aliphatic carbocycles. The highest BCUT2D eigenvalue weighted by Gasteiger charge is 2.32. The van der Waals surface area contributed by atoms with Crippen molar-refractivity contribution in [2.24, 2.45) is 23.2 Å². The van der Waals surface area contributed by atoms with E-state index in [9.17, 15) is 0 Å². The molecule has 3 unspecified atom stereocenters. The predicted octanol–water partition coefficient (Wildman–Crippen LogP) is 5.36. The normalized spacial score (nSPS) is 39.2. The minimum absolute atomic E-state index is 0.399. The van der Waals surface area contributed by atoms with Crippen LogP contribution in [-0.4, -0.2) is 0 Å². The van der Waals surface area contributed by atoms with E-state index >= 15 is 0 Å². The van der Waals surface area contributed by atoms with Crippen molar-refractivity contribution in [2.45, 2.75) is 59.8 Å². The first-order valence-electron chi connectivity index (χ1n) is 7.46. The van der Waals surface area contributed by atoms with Crippen LogP contribution in [0.25, 0.3) is 0 Å². The molecule has 0 heterocycles. The van der Waals surface area contributed by atoms with E-state index in [-0.39, 0.29) is 0 Å². The average Bonchev–Trinajstić information content (AvgIpc) is 2.23. The molecule has 0 N–H and O–H groups in total. The predicted molar refractivity (Wildman–Crippen MR) is 75.9 cm³/mol. The van der Waals surface area contributed by atoms with Crippen LogP contribution in [0.2, 0.25) is 0 Å². The van der Waals surface area contributed by atoms with E-state index in [1.54, 1.807) is 5.57 Å². The van der Waals surface area contributed by atoms with Gasteiger partial charge in [-0.05, 0) is 48.9 Å². The van der Waals surface area contributed by atoms with E-state index < -0.39 is 0 Å². The Balaban J connectivity index is 2.21. The molecular formula is C17H28. The zero-order chi connectivity index (χ0) is 12.5. The van der Waals surface area contributed by atoms with Crippen LogP contribution in [0.15, 0.2) is 23.8 Å². The Hall–Kier alpha value is -0.520. The largest absolute Gasteiger partial charge is 0.0783 e. The molecule has 0 heteroatoms. The molecule has 1 saturated carbocycles. The van der Waals surface area contributed by atoms with Crippen LogP contribution in [0.4, 0.5) is 0 Å². The molecule has 17 heavy (non-hydrogen) atoms. The van der Waals surface area contributed by atoms with Crippen LogP contribution in [-0.2, 0) is 0 Å². The van der Waals surface area contributed by atoms with Crippen LogP contribution in [0.3, 0.4) is 0 Å². The van der Waals surface area contributed by atoms with E-state index in [0.717, 1.165) is 17.8 Å². The molecular weight excluding hydrogens is 204 g/mol. The van der Waals surface area contributed by atoms with Gasteiger partial charge in [-0.15, -0.1) is 0 Å². The van der Waals surface area contributed by atoms with Crippen molar-refractivity contribution >= 4 is 0 Å². The average molecular weight is 232 g/mol. The first-order valence-corrected chi connectivity index (χ1v) is 7.46. The van der Waals surface area contributed by atoms with E-state index in [1.807, 2.05) is 0 Å². The van der Waals surface area contributed by atoms with Crippen molar-refractivity contribution in [1.82, 2.24) is 0 Å². The summed E-state index contributed by atoms with van der Waals surface area (Å²) in [6.07, 6.45) is 14.2. The van der Waals surface area contributed by atoms with Crippen LogP contribution in [0, 0.1) is 23.2 Å². The van der Waals surface area contributed by atoms with Gasteiger partial charge in [-0.1, -0.05) is 57.9 Å². The Bertz CT molecular complexity index is 319. The third-order valence-corrected chi connectivity index (χ3v) is 5.51. The SMILES string of the molecule is CCC1(C)C=CC=C(C2CCC2)C(C)CC1C. The lowest BCUT2D eigenvalue weighted by atomic mass is 9.67. The van der Waals surface area contributed by atoms with Crippen LogP contribution >= 0.6 is 0 Å². The highest BCUT2D eigenvalue weighted by Crippen LogP contribution is 2.44. The molecule has 0 radical (unpaired) electrons. The summed E-state index contributed by atoms with van der Waals surface area (Å²) < 4.78 is 0. The van der Waals surface area contributed by atoms with E-state index in [2.05, 4.69) is 45.9 Å². The van der Waals surface area contributed by atoms with Crippen molar-refractivity contribution in [3.63, 3.8) is 0 Å². The monoisotopic (exact) mass is 232 g/mol. The molecule has 0 saturated heterocycles. The number of hydrogen-bond donors (Lipinski definition) is 0. The van der Waals surface area contributed by atoms with Crippen molar-refractivity contribution in [3.8, 4) is 0 Å². The molecule has 0 amide bonds. The summed E-state index contributed by atoms with van der Waals surface area (Å²) in [4.78, 5) is 0. The molecule has 3 atom stereocenters. The summed E-state index contributed by atoms with van der Waals surface area (Å²) in [6.45, 7) is 9.62. The van der Waals surface area contributed by atoms with Gasteiger partial charge in [-0.2, -0.15) is 0 Å². The zero-order valence-corrected chi connectivity index (χ0v) is 12.0. The van der Waals surface area contributed by atoms with Gasteiger partial charge in [0.2, 0.25) is 0 Å². The summed E-state index contributed by atoms with van der Waals surface area (Å²) >= 11 is 0. The molecule has 2 aliphatic rings. The van der Waals surface area contributed by atoms with Crippen molar-refractivity contribution in [2.75, 3.05) is 0 Å². The van der Waals surface area contributed by atoms with Gasteiger partial charge >= 0.3 is 0 Å². The summed E-state index contributed by atoms with van der Waals surface area (Å²) in [6, 6.07) is 0. The Labute approximate surface area is 107 Å². The van der Waals surface area contributed by atoms with Gasteiger partial charge in [0.1, 0.15) is 0 Å². The van der Waals surface area contributed by atoms with E-state index in [0.29, 0.717) is 5.41 Å². The van der Waals surface area contributed by atoms with Gasteiger partial charge in [0, 0.05) is 0 Å². The molecule has 0 aliphatic heterocycles. The lowest BCUT2D eigenvalue weighted by Gasteiger charge is -2.38. The molecule has 0 nitrogen and oxygen atoms in total. The standard InChI is InChI=1S/C17H28/c1-5-17(4)11-7-10-16(15-8-6-9-15)13(2)12-14(17)3/h7,10-11,13-15H,5-6,8-9,12H2,1-4H3. The Morgan fingerprint density at radius 2 is 2.00 bits per heavy atom. The maximum atomic E-state index is 2.46. The highest BCUT2D eigenvalue weighted by molar-refractivity contribution is 5.23. The fourth-order valence-corrected chi connectivity index (χ4v) is 3.39. The topological polar surface area (TPSA) is 0 Å². The second-order valence-electron chi connectivity index (χ2n) is 6.55. The number of hydrogen-bond acceptors (Lipinski definition) is 0. The molecule has 96 valence electrons. The molecule has 1 fully saturated rings. The fourth-order valence-electron chi connectivity index (χ4n) is 3.39. The summed E-state index contributed by atoms with van der Waals surface area (Å²) in [5, 5.41) is 0. The summed E-state index contributed by atoms with van der Waals surface area (Å²) in [7, 11) is 0. The third-order valence-electron chi connectivity index (χ3n) is 5.51. The minimum Gasteiger partial charge on any atom is -0.0783 e. The first kappa shape index (κ1) is 12.9. The van der Waals surface area contributed by atoms with Crippen LogP contribution in [0.5, 0.6) is 0 Å². The highest BCUT2D eigenvalue weighted by atomic mass is 14.4. The summed E-state index contributed by atoms with van der Waals surface area (Å²) in [5.74, 6) is 2.49. The molecule has 0 spiro atoms. The van der Waals surface area contributed by atoms with Gasteiger partial charge in [-0.25, -0.2) is 0 Å². The van der Waals surface area contributed by atoms with E-state index in [4.69, 9.17) is 0 Å². The quantitative estimate of drug-likeness (QED) is 0.601. The van der Waals surface area contributed by atoms with Crippen molar-refractivity contribution in [1.29, 1.82) is 0 Å². The first-order chi connectivity index (χ1) is 8.07. The van der Waals surface area contributed by atoms with Gasteiger partial charge in [0.15, 0.2) is 0 Å². The van der Waals surface area contributed by atoms with Crippen LogP contribution in [0.1, 0.15) is 59.8 Å². The smallest absolute Gasteiger partial charge is 0.0120 e. The van der Waals surface area contributed by atoms with Crippen LogP contribution < -0.4 is 0 Å². The number of rotatable bonds is 2. The van der Waals surface area contributed by atoms with Gasteiger partial charge in [-0.3, -0.25) is 0 Å². The minimum atomic E-state index is 0.399. The Morgan fingerprint density at radius 1 is 1.29 bits per heavy atom. The number of allylic oxidation sites excluding steroid dienone is 4. The maximum Gasteiger partial charge on any atom is -0.0120 e. The van der Waals surface area contributed by atoms with Gasteiger partial charge < -0.3 is 0 Å². The van der Waals surface area contributed by atoms with Crippen molar-refractivity contribution in [3.05, 3.63) is 23.8 Å². The molecule has 0 aromatic carbocycles. The second-order valence-corrected chi connectivity index (χ2v) is 6.55. The molecule has 2 rings (SSSR count).